The minimum absolute atomic E-state index is 0.0286. The van der Waals surface area contributed by atoms with Crippen molar-refractivity contribution in [1.29, 1.82) is 0 Å². The van der Waals surface area contributed by atoms with Gasteiger partial charge in [0.05, 0.1) is 6.54 Å². The minimum atomic E-state index is -0.303. The molecule has 2 aromatic carbocycles. The molecular formula is C23H30FN3O2. The molecule has 1 atom stereocenters. The Morgan fingerprint density at radius 3 is 2.59 bits per heavy atom. The normalized spacial score (nSPS) is 17.4. The fourth-order valence-electron chi connectivity index (χ4n) is 3.65. The van der Waals surface area contributed by atoms with Gasteiger partial charge in [-0.1, -0.05) is 36.4 Å². The third kappa shape index (κ3) is 5.94. The zero-order valence-corrected chi connectivity index (χ0v) is 17.2. The first kappa shape index (κ1) is 21.1. The lowest BCUT2D eigenvalue weighted by Crippen LogP contribution is -2.49. The minimum Gasteiger partial charge on any atom is -0.489 e. The van der Waals surface area contributed by atoms with Crippen LogP contribution in [0, 0.1) is 5.82 Å². The van der Waals surface area contributed by atoms with Crippen LogP contribution in [0.5, 0.6) is 5.75 Å². The van der Waals surface area contributed by atoms with Gasteiger partial charge >= 0.3 is 0 Å². The molecule has 1 saturated heterocycles. The molecule has 6 heteroatoms. The summed E-state index contributed by atoms with van der Waals surface area (Å²) in [7, 11) is 1.76. The zero-order valence-electron chi connectivity index (χ0n) is 17.2. The number of hydrogen-bond acceptors (Lipinski definition) is 3. The van der Waals surface area contributed by atoms with E-state index in [1.54, 1.807) is 19.2 Å². The molecule has 1 aliphatic heterocycles. The van der Waals surface area contributed by atoms with Crippen molar-refractivity contribution in [3.05, 3.63) is 66.0 Å². The van der Waals surface area contributed by atoms with Crippen LogP contribution < -0.4 is 15.4 Å². The Morgan fingerprint density at radius 1 is 1.14 bits per heavy atom. The third-order valence-corrected chi connectivity index (χ3v) is 5.34. The van der Waals surface area contributed by atoms with Gasteiger partial charge in [-0.3, -0.25) is 4.99 Å². The lowest BCUT2D eigenvalue weighted by Gasteiger charge is -2.38. The second-order valence-electron chi connectivity index (χ2n) is 7.45. The quantitative estimate of drug-likeness (QED) is 0.553. The number of rotatable bonds is 7. The van der Waals surface area contributed by atoms with Gasteiger partial charge in [-0.05, 0) is 37.5 Å². The molecule has 0 aromatic heterocycles. The lowest BCUT2D eigenvalue weighted by atomic mass is 9.74. The van der Waals surface area contributed by atoms with Crippen LogP contribution in [0.25, 0.3) is 0 Å². The molecule has 0 saturated carbocycles. The van der Waals surface area contributed by atoms with Gasteiger partial charge in [-0.15, -0.1) is 0 Å². The van der Waals surface area contributed by atoms with Crippen molar-refractivity contribution in [3.63, 3.8) is 0 Å². The van der Waals surface area contributed by atoms with Crippen LogP contribution in [-0.4, -0.2) is 45.4 Å². The van der Waals surface area contributed by atoms with Gasteiger partial charge in [0.1, 0.15) is 17.7 Å². The third-order valence-electron chi connectivity index (χ3n) is 5.34. The van der Waals surface area contributed by atoms with E-state index in [0.717, 1.165) is 38.6 Å². The first-order valence-electron chi connectivity index (χ1n) is 10.1. The van der Waals surface area contributed by atoms with E-state index < -0.39 is 0 Å². The van der Waals surface area contributed by atoms with E-state index in [9.17, 15) is 4.39 Å². The van der Waals surface area contributed by atoms with Crippen LogP contribution in [0.2, 0.25) is 0 Å². The molecule has 1 aliphatic rings. The Hall–Kier alpha value is -2.60. The average molecular weight is 400 g/mol. The molecule has 2 aromatic rings. The Balaban J connectivity index is 1.55. The van der Waals surface area contributed by atoms with Crippen LogP contribution in [0.1, 0.15) is 25.3 Å². The Morgan fingerprint density at radius 2 is 1.90 bits per heavy atom. The van der Waals surface area contributed by atoms with Crippen molar-refractivity contribution in [3.8, 4) is 5.75 Å². The molecular weight excluding hydrogens is 369 g/mol. The van der Waals surface area contributed by atoms with Crippen LogP contribution in [-0.2, 0) is 10.2 Å². The fourth-order valence-corrected chi connectivity index (χ4v) is 3.65. The molecule has 1 unspecified atom stereocenters. The van der Waals surface area contributed by atoms with E-state index in [0.29, 0.717) is 12.3 Å². The SMILES string of the molecule is CN=C(NCC(C)Oc1cccc(F)c1)NCC1(c2ccccc2)CCOCC1. The molecule has 0 radical (unpaired) electrons. The van der Waals surface area contributed by atoms with Gasteiger partial charge in [0.15, 0.2) is 5.96 Å². The Labute approximate surface area is 172 Å². The lowest BCUT2D eigenvalue weighted by molar-refractivity contribution is 0.0513. The summed E-state index contributed by atoms with van der Waals surface area (Å²) in [6.45, 7) is 4.80. The number of benzene rings is 2. The van der Waals surface area contributed by atoms with E-state index in [1.165, 1.54) is 17.7 Å². The van der Waals surface area contributed by atoms with E-state index in [1.807, 2.05) is 13.0 Å². The van der Waals surface area contributed by atoms with E-state index in [2.05, 4.69) is 39.9 Å². The Kier molecular flexibility index (Phi) is 7.47. The highest BCUT2D eigenvalue weighted by molar-refractivity contribution is 5.79. The van der Waals surface area contributed by atoms with E-state index in [-0.39, 0.29) is 17.3 Å². The van der Waals surface area contributed by atoms with Crippen LogP contribution in [0.4, 0.5) is 4.39 Å². The molecule has 1 fully saturated rings. The van der Waals surface area contributed by atoms with Crippen molar-refractivity contribution in [2.45, 2.75) is 31.3 Å². The Bertz CT molecular complexity index is 792. The van der Waals surface area contributed by atoms with Crippen LogP contribution in [0.15, 0.2) is 59.6 Å². The monoisotopic (exact) mass is 399 g/mol. The highest BCUT2D eigenvalue weighted by Gasteiger charge is 2.34. The maximum absolute atomic E-state index is 13.3. The largest absolute Gasteiger partial charge is 0.489 e. The molecule has 156 valence electrons. The van der Waals surface area contributed by atoms with Crippen molar-refractivity contribution >= 4 is 5.96 Å². The predicted octanol–water partition coefficient (Wildman–Crippen LogP) is 3.51. The number of halogens is 1. The molecule has 0 amide bonds. The highest BCUT2D eigenvalue weighted by atomic mass is 19.1. The summed E-state index contributed by atoms with van der Waals surface area (Å²) in [5.41, 5.74) is 1.36. The second kappa shape index (κ2) is 10.3. The number of hydrogen-bond donors (Lipinski definition) is 2. The van der Waals surface area contributed by atoms with Crippen molar-refractivity contribution in [2.75, 3.05) is 33.4 Å². The molecule has 5 nitrogen and oxygen atoms in total. The van der Waals surface area contributed by atoms with Gasteiger partial charge in [-0.25, -0.2) is 4.39 Å². The second-order valence-corrected chi connectivity index (χ2v) is 7.45. The first-order valence-corrected chi connectivity index (χ1v) is 10.1. The highest BCUT2D eigenvalue weighted by Crippen LogP contribution is 2.34. The van der Waals surface area contributed by atoms with Crippen molar-refractivity contribution in [1.82, 2.24) is 10.6 Å². The molecule has 29 heavy (non-hydrogen) atoms. The summed E-state index contributed by atoms with van der Waals surface area (Å²) in [4.78, 5) is 4.34. The smallest absolute Gasteiger partial charge is 0.191 e. The van der Waals surface area contributed by atoms with Gasteiger partial charge in [0, 0.05) is 38.3 Å². The van der Waals surface area contributed by atoms with E-state index in [4.69, 9.17) is 9.47 Å². The summed E-state index contributed by atoms with van der Waals surface area (Å²) >= 11 is 0. The van der Waals surface area contributed by atoms with Crippen molar-refractivity contribution < 1.29 is 13.9 Å². The summed E-state index contributed by atoms with van der Waals surface area (Å²) in [5, 5.41) is 6.78. The van der Waals surface area contributed by atoms with Crippen LogP contribution in [0.3, 0.4) is 0 Å². The molecule has 2 N–H and O–H groups in total. The molecule has 3 rings (SSSR count). The number of aliphatic imine (C=N–C) groups is 1. The molecule has 0 spiro atoms. The summed E-state index contributed by atoms with van der Waals surface area (Å²) in [6, 6.07) is 16.8. The van der Waals surface area contributed by atoms with E-state index >= 15 is 0 Å². The predicted molar refractivity (Wildman–Crippen MR) is 114 cm³/mol. The number of nitrogens with one attached hydrogen (secondary N) is 2. The summed E-state index contributed by atoms with van der Waals surface area (Å²) < 4.78 is 24.7. The van der Waals surface area contributed by atoms with Crippen LogP contribution >= 0.6 is 0 Å². The maximum Gasteiger partial charge on any atom is 0.191 e. The topological polar surface area (TPSA) is 54.9 Å². The van der Waals surface area contributed by atoms with Crippen molar-refractivity contribution in [2.24, 2.45) is 4.99 Å². The first-order chi connectivity index (χ1) is 14.1. The zero-order chi connectivity index (χ0) is 20.5. The van der Waals surface area contributed by atoms with Gasteiger partial charge in [-0.2, -0.15) is 0 Å². The fraction of sp³-hybridized carbons (Fsp3) is 0.435. The number of nitrogens with zero attached hydrogens (tertiary/aromatic N) is 1. The summed E-state index contributed by atoms with van der Waals surface area (Å²) in [6.07, 6.45) is 1.81. The average Bonchev–Trinajstić information content (AvgIpc) is 2.75. The number of ether oxygens (including phenoxy) is 2. The number of guanidine groups is 1. The van der Waals surface area contributed by atoms with Gasteiger partial charge in [0.2, 0.25) is 0 Å². The standard InChI is InChI=1S/C23H30FN3O2/c1-18(29-21-10-6-9-20(24)15-21)16-26-22(25-2)27-17-23(11-13-28-14-12-23)19-7-4-3-5-8-19/h3-10,15,18H,11-14,16-17H2,1-2H3,(H2,25,26,27). The maximum atomic E-state index is 13.3. The molecule has 0 aliphatic carbocycles. The molecule has 0 bridgehead atoms. The van der Waals surface area contributed by atoms with Gasteiger partial charge in [0.25, 0.3) is 0 Å². The molecule has 1 heterocycles. The summed E-state index contributed by atoms with van der Waals surface area (Å²) in [5.74, 6) is 0.941. The van der Waals surface area contributed by atoms with Gasteiger partial charge < -0.3 is 20.1 Å².